The Kier molecular flexibility index (Phi) is 5.44. The predicted octanol–water partition coefficient (Wildman–Crippen LogP) is 1.45. The van der Waals surface area contributed by atoms with Crippen LogP contribution in [0.3, 0.4) is 0 Å². The number of guanidine groups is 1. The normalized spacial score (nSPS) is 15.2. The van der Waals surface area contributed by atoms with Gasteiger partial charge >= 0.3 is 6.18 Å². The first-order valence-corrected chi connectivity index (χ1v) is 5.52. The second kappa shape index (κ2) is 6.44. The van der Waals surface area contributed by atoms with E-state index in [1.807, 2.05) is 11.9 Å². The van der Waals surface area contributed by atoms with E-state index in [-0.39, 0.29) is 30.5 Å². The van der Waals surface area contributed by atoms with Gasteiger partial charge in [0.2, 0.25) is 0 Å². The van der Waals surface area contributed by atoms with Gasteiger partial charge in [-0.2, -0.15) is 13.2 Å². The average molecular weight is 389 g/mol. The number of nitrogens with one attached hydrogen (secondary N) is 1. The van der Waals surface area contributed by atoms with Gasteiger partial charge < -0.3 is 14.8 Å². The van der Waals surface area contributed by atoms with Gasteiger partial charge in [0.1, 0.15) is 12.4 Å². The van der Waals surface area contributed by atoms with Gasteiger partial charge in [-0.25, -0.2) is 4.98 Å². The van der Waals surface area contributed by atoms with Gasteiger partial charge in [-0.3, -0.25) is 4.99 Å². The molecule has 0 aliphatic carbocycles. The van der Waals surface area contributed by atoms with Gasteiger partial charge in [-0.15, -0.1) is 24.0 Å². The molecule has 0 radical (unpaired) electrons. The van der Waals surface area contributed by atoms with E-state index in [1.165, 1.54) is 12.4 Å². The van der Waals surface area contributed by atoms with Gasteiger partial charge in [0, 0.05) is 26.0 Å². The minimum absolute atomic E-state index is 0. The Morgan fingerprint density at radius 1 is 1.42 bits per heavy atom. The predicted molar refractivity (Wildman–Crippen MR) is 75.5 cm³/mol. The third-order valence-corrected chi connectivity index (χ3v) is 2.61. The molecule has 0 unspecified atom stereocenters. The summed E-state index contributed by atoms with van der Waals surface area (Å²) in [5.74, 6) is 1.03. The van der Waals surface area contributed by atoms with Crippen molar-refractivity contribution in [3.8, 4) is 0 Å². The lowest BCUT2D eigenvalue weighted by atomic mass is 10.5. The highest BCUT2D eigenvalue weighted by molar-refractivity contribution is 14.0. The first-order valence-electron chi connectivity index (χ1n) is 5.52. The maximum absolute atomic E-state index is 12.3. The molecule has 1 aliphatic rings. The lowest BCUT2D eigenvalue weighted by molar-refractivity contribution is -0.141. The van der Waals surface area contributed by atoms with Crippen LogP contribution in [0.4, 0.5) is 13.2 Å². The van der Waals surface area contributed by atoms with Crippen molar-refractivity contribution >= 4 is 29.9 Å². The minimum atomic E-state index is -4.24. The molecule has 0 amide bonds. The number of hydrogen-bond donors (Lipinski definition) is 1. The molecule has 0 saturated heterocycles. The van der Waals surface area contributed by atoms with Crippen LogP contribution in [0.15, 0.2) is 17.4 Å². The Balaban J connectivity index is 0.00000180. The van der Waals surface area contributed by atoms with Crippen LogP contribution >= 0.6 is 24.0 Å². The monoisotopic (exact) mass is 389 g/mol. The summed E-state index contributed by atoms with van der Waals surface area (Å²) >= 11 is 0. The Morgan fingerprint density at radius 3 is 2.74 bits per heavy atom. The molecule has 1 aromatic rings. The molecule has 5 nitrogen and oxygen atoms in total. The average Bonchev–Trinajstić information content (AvgIpc) is 2.83. The first-order chi connectivity index (χ1) is 8.46. The standard InChI is InChI=1S/C10H14F3N5.HI/c1-17-4-2-15-9(17)16-6-8-14-3-5-18(8)7-10(11,12)13;/h3,5H,2,4,6-7H2,1H3,(H,15,16);1H. The Labute approximate surface area is 125 Å². The molecular weight excluding hydrogens is 374 g/mol. The molecule has 2 heterocycles. The molecule has 1 N–H and O–H groups in total. The number of aromatic nitrogens is 2. The lowest BCUT2D eigenvalue weighted by Gasteiger charge is -2.16. The Hall–Kier alpha value is -1.00. The summed E-state index contributed by atoms with van der Waals surface area (Å²) in [6, 6.07) is 0. The molecule has 1 aromatic heterocycles. The SMILES string of the molecule is CN1CCN=C1NCc1nccn1CC(F)(F)F.I. The molecule has 2 rings (SSSR count). The molecule has 9 heteroatoms. The van der Waals surface area contributed by atoms with Crippen LogP contribution in [-0.4, -0.2) is 46.7 Å². The summed E-state index contributed by atoms with van der Waals surface area (Å²) in [7, 11) is 1.88. The smallest absolute Gasteiger partial charge is 0.349 e. The molecule has 108 valence electrons. The van der Waals surface area contributed by atoms with E-state index in [2.05, 4.69) is 15.3 Å². The number of alkyl halides is 3. The zero-order valence-electron chi connectivity index (χ0n) is 10.3. The molecule has 19 heavy (non-hydrogen) atoms. The highest BCUT2D eigenvalue weighted by Gasteiger charge is 2.28. The fourth-order valence-electron chi connectivity index (χ4n) is 1.73. The number of imidazole rings is 1. The molecule has 0 atom stereocenters. The Bertz CT molecular complexity index is 443. The van der Waals surface area contributed by atoms with Crippen molar-refractivity contribution < 1.29 is 13.2 Å². The van der Waals surface area contributed by atoms with Gasteiger partial charge in [-0.1, -0.05) is 0 Å². The number of likely N-dealkylation sites (N-methyl/N-ethyl adjacent to an activating group) is 1. The third-order valence-electron chi connectivity index (χ3n) is 2.61. The van der Waals surface area contributed by atoms with Crippen molar-refractivity contribution in [1.82, 2.24) is 19.8 Å². The molecule has 0 spiro atoms. The highest BCUT2D eigenvalue weighted by Crippen LogP contribution is 2.18. The van der Waals surface area contributed by atoms with E-state index < -0.39 is 12.7 Å². The summed E-state index contributed by atoms with van der Waals surface area (Å²) in [5.41, 5.74) is 0. The van der Waals surface area contributed by atoms with E-state index in [4.69, 9.17) is 0 Å². The molecule has 0 saturated carbocycles. The fraction of sp³-hybridized carbons (Fsp3) is 0.600. The first kappa shape index (κ1) is 16.1. The van der Waals surface area contributed by atoms with Crippen LogP contribution in [-0.2, 0) is 13.1 Å². The van der Waals surface area contributed by atoms with Gasteiger partial charge in [0.05, 0.1) is 13.1 Å². The van der Waals surface area contributed by atoms with E-state index in [9.17, 15) is 13.2 Å². The number of halogens is 4. The number of nitrogens with zero attached hydrogens (tertiary/aromatic N) is 4. The van der Waals surface area contributed by atoms with Gasteiger partial charge in [-0.05, 0) is 0 Å². The van der Waals surface area contributed by atoms with Crippen molar-refractivity contribution in [1.29, 1.82) is 0 Å². The number of aliphatic imine (C=N–C) groups is 1. The summed E-state index contributed by atoms with van der Waals surface area (Å²) < 4.78 is 38.0. The lowest BCUT2D eigenvalue weighted by Crippen LogP contribution is -2.36. The summed E-state index contributed by atoms with van der Waals surface area (Å²) in [6.45, 7) is 0.730. The van der Waals surface area contributed by atoms with E-state index >= 15 is 0 Å². The van der Waals surface area contributed by atoms with Crippen molar-refractivity contribution in [2.24, 2.45) is 4.99 Å². The second-order valence-electron chi connectivity index (χ2n) is 4.07. The zero-order chi connectivity index (χ0) is 13.2. The third kappa shape index (κ3) is 4.55. The van der Waals surface area contributed by atoms with Crippen LogP contribution < -0.4 is 5.32 Å². The maximum atomic E-state index is 12.3. The largest absolute Gasteiger partial charge is 0.406 e. The molecule has 0 bridgehead atoms. The van der Waals surface area contributed by atoms with Crippen molar-refractivity contribution in [2.45, 2.75) is 19.3 Å². The van der Waals surface area contributed by atoms with E-state index in [0.29, 0.717) is 18.3 Å². The van der Waals surface area contributed by atoms with Crippen molar-refractivity contribution in [2.75, 3.05) is 20.1 Å². The van der Waals surface area contributed by atoms with Crippen molar-refractivity contribution in [3.05, 3.63) is 18.2 Å². The van der Waals surface area contributed by atoms with Crippen LogP contribution in [0.25, 0.3) is 0 Å². The van der Waals surface area contributed by atoms with E-state index in [0.717, 1.165) is 11.1 Å². The van der Waals surface area contributed by atoms with Gasteiger partial charge in [0.25, 0.3) is 0 Å². The van der Waals surface area contributed by atoms with E-state index in [1.54, 1.807) is 0 Å². The van der Waals surface area contributed by atoms with Crippen molar-refractivity contribution in [3.63, 3.8) is 0 Å². The quantitative estimate of drug-likeness (QED) is 0.797. The number of hydrogen-bond acceptors (Lipinski definition) is 4. The number of rotatable bonds is 3. The van der Waals surface area contributed by atoms with Crippen LogP contribution in [0, 0.1) is 0 Å². The van der Waals surface area contributed by atoms with Crippen LogP contribution in [0.5, 0.6) is 0 Å². The molecule has 0 aromatic carbocycles. The summed E-state index contributed by atoms with van der Waals surface area (Å²) in [6.07, 6.45) is -1.55. The molecule has 0 fully saturated rings. The fourth-order valence-corrected chi connectivity index (χ4v) is 1.73. The second-order valence-corrected chi connectivity index (χ2v) is 4.07. The maximum Gasteiger partial charge on any atom is 0.406 e. The highest BCUT2D eigenvalue weighted by atomic mass is 127. The van der Waals surface area contributed by atoms with Gasteiger partial charge in [0.15, 0.2) is 5.96 Å². The van der Waals surface area contributed by atoms with Crippen LogP contribution in [0.1, 0.15) is 5.82 Å². The minimum Gasteiger partial charge on any atom is -0.349 e. The van der Waals surface area contributed by atoms with Crippen LogP contribution in [0.2, 0.25) is 0 Å². The summed E-state index contributed by atoms with van der Waals surface area (Å²) in [5, 5.41) is 2.99. The molecular formula is C10H15F3IN5. The zero-order valence-corrected chi connectivity index (χ0v) is 12.6. The molecule has 1 aliphatic heterocycles. The Morgan fingerprint density at radius 2 is 2.16 bits per heavy atom. The topological polar surface area (TPSA) is 45.4 Å². The summed E-state index contributed by atoms with van der Waals surface area (Å²) in [4.78, 5) is 10.0.